The van der Waals surface area contributed by atoms with Crippen molar-refractivity contribution >= 4 is 17.3 Å². The van der Waals surface area contributed by atoms with Crippen molar-refractivity contribution in [3.8, 4) is 0 Å². The van der Waals surface area contributed by atoms with Crippen LogP contribution in [0.3, 0.4) is 0 Å². The molecule has 0 amide bonds. The van der Waals surface area contributed by atoms with Crippen molar-refractivity contribution in [1.29, 1.82) is 0 Å². The van der Waals surface area contributed by atoms with Gasteiger partial charge in [0, 0.05) is 37.3 Å². The molecule has 0 spiro atoms. The Kier molecular flexibility index (Phi) is 4.73. The highest BCUT2D eigenvalue weighted by atomic mass is 32.1. The molecule has 0 aliphatic rings. The molecule has 2 N–H and O–H groups in total. The lowest BCUT2D eigenvalue weighted by molar-refractivity contribution is 0.470. The molecule has 0 aromatic carbocycles. The Balaban J connectivity index is 1.93. The summed E-state index contributed by atoms with van der Waals surface area (Å²) in [4.78, 5) is 10.8. The summed E-state index contributed by atoms with van der Waals surface area (Å²) in [6, 6.07) is 0. The SMILES string of the molecule is CN=C(NCc1cn[nH]c1C)N(C)Cc1csc(C)n1. The van der Waals surface area contributed by atoms with Crippen molar-refractivity contribution in [2.75, 3.05) is 14.1 Å². The van der Waals surface area contributed by atoms with Crippen LogP contribution < -0.4 is 5.32 Å². The molecule has 2 heterocycles. The van der Waals surface area contributed by atoms with Crippen molar-refractivity contribution in [1.82, 2.24) is 25.4 Å². The van der Waals surface area contributed by atoms with Crippen LogP contribution in [0.4, 0.5) is 0 Å². The van der Waals surface area contributed by atoms with Gasteiger partial charge in [-0.1, -0.05) is 0 Å². The van der Waals surface area contributed by atoms with E-state index >= 15 is 0 Å². The fraction of sp³-hybridized carbons (Fsp3) is 0.462. The van der Waals surface area contributed by atoms with Gasteiger partial charge in [0.1, 0.15) is 0 Å². The second-order valence-corrected chi connectivity index (χ2v) is 5.70. The lowest BCUT2D eigenvalue weighted by atomic mass is 10.3. The predicted octanol–water partition coefficient (Wildman–Crippen LogP) is 1.69. The molecule has 0 aliphatic carbocycles. The third-order valence-corrected chi connectivity index (χ3v) is 3.83. The molecule has 0 unspecified atom stereocenters. The third kappa shape index (κ3) is 3.57. The molecule has 0 saturated heterocycles. The highest BCUT2D eigenvalue weighted by Gasteiger charge is 2.09. The average Bonchev–Trinajstić information content (AvgIpc) is 3.00. The fourth-order valence-electron chi connectivity index (χ4n) is 1.91. The van der Waals surface area contributed by atoms with E-state index in [4.69, 9.17) is 0 Å². The first-order valence-electron chi connectivity index (χ1n) is 6.41. The third-order valence-electron chi connectivity index (χ3n) is 3.01. The number of guanidine groups is 1. The summed E-state index contributed by atoms with van der Waals surface area (Å²) in [5, 5.41) is 13.4. The van der Waals surface area contributed by atoms with Gasteiger partial charge in [-0.2, -0.15) is 5.10 Å². The molecule has 2 rings (SSSR count). The topological polar surface area (TPSA) is 69.2 Å². The number of rotatable bonds is 4. The number of thiazole rings is 1. The zero-order valence-corrected chi connectivity index (χ0v) is 13.1. The highest BCUT2D eigenvalue weighted by Crippen LogP contribution is 2.10. The van der Waals surface area contributed by atoms with Crippen LogP contribution in [0.25, 0.3) is 0 Å². The van der Waals surface area contributed by atoms with Crippen LogP contribution in [-0.4, -0.2) is 40.1 Å². The Morgan fingerprint density at radius 3 is 2.85 bits per heavy atom. The van der Waals surface area contributed by atoms with Crippen LogP contribution in [0.2, 0.25) is 0 Å². The first-order chi connectivity index (χ1) is 9.60. The van der Waals surface area contributed by atoms with Crippen molar-refractivity contribution in [2.45, 2.75) is 26.9 Å². The first kappa shape index (κ1) is 14.5. The van der Waals surface area contributed by atoms with Crippen LogP contribution in [-0.2, 0) is 13.1 Å². The van der Waals surface area contributed by atoms with Crippen LogP contribution in [0.15, 0.2) is 16.6 Å². The maximum atomic E-state index is 4.47. The summed E-state index contributed by atoms with van der Waals surface area (Å²) in [5.41, 5.74) is 3.28. The second kappa shape index (κ2) is 6.51. The van der Waals surface area contributed by atoms with E-state index in [1.54, 1.807) is 18.4 Å². The van der Waals surface area contributed by atoms with E-state index < -0.39 is 0 Å². The molecule has 20 heavy (non-hydrogen) atoms. The monoisotopic (exact) mass is 292 g/mol. The minimum Gasteiger partial charge on any atom is -0.352 e. The lowest BCUT2D eigenvalue weighted by Crippen LogP contribution is -2.38. The number of aromatic nitrogens is 3. The van der Waals surface area contributed by atoms with Crippen molar-refractivity contribution < 1.29 is 0 Å². The summed E-state index contributed by atoms with van der Waals surface area (Å²) in [7, 11) is 3.79. The number of nitrogens with one attached hydrogen (secondary N) is 2. The lowest BCUT2D eigenvalue weighted by Gasteiger charge is -2.21. The summed E-state index contributed by atoms with van der Waals surface area (Å²) in [5.74, 6) is 0.844. The quantitative estimate of drug-likeness (QED) is 0.664. The molecule has 0 fully saturated rings. The van der Waals surface area contributed by atoms with E-state index in [0.717, 1.165) is 34.5 Å². The number of aromatic amines is 1. The summed E-state index contributed by atoms with van der Waals surface area (Å²) in [6.45, 7) is 5.47. The molecule has 6 nitrogen and oxygen atoms in total. The Hall–Kier alpha value is -1.89. The van der Waals surface area contributed by atoms with Crippen LogP contribution in [0, 0.1) is 13.8 Å². The number of aryl methyl sites for hydroxylation is 2. The number of aliphatic imine (C=N–C) groups is 1. The number of hydrogen-bond acceptors (Lipinski definition) is 4. The molecular weight excluding hydrogens is 272 g/mol. The molecule has 0 aliphatic heterocycles. The second-order valence-electron chi connectivity index (χ2n) is 4.63. The summed E-state index contributed by atoms with van der Waals surface area (Å²) >= 11 is 1.67. The Bertz CT molecular complexity index is 585. The molecule has 0 atom stereocenters. The minimum absolute atomic E-state index is 0.704. The smallest absolute Gasteiger partial charge is 0.194 e. The van der Waals surface area contributed by atoms with Crippen LogP contribution in [0.5, 0.6) is 0 Å². The van der Waals surface area contributed by atoms with Gasteiger partial charge in [0.25, 0.3) is 0 Å². The molecule has 0 saturated carbocycles. The van der Waals surface area contributed by atoms with Crippen molar-refractivity contribution in [3.63, 3.8) is 0 Å². The summed E-state index contributed by atoms with van der Waals surface area (Å²) in [6.07, 6.45) is 1.83. The standard InChI is InChI=1S/C13H20N6S/c1-9-11(6-16-18-9)5-15-13(14-3)19(4)7-12-8-20-10(2)17-12/h6,8H,5,7H2,1-4H3,(H,14,15)(H,16,18). The van der Waals surface area contributed by atoms with E-state index in [2.05, 4.69) is 35.8 Å². The number of H-pyrrole nitrogens is 1. The van der Waals surface area contributed by atoms with Gasteiger partial charge >= 0.3 is 0 Å². The Morgan fingerprint density at radius 1 is 1.50 bits per heavy atom. The van der Waals surface area contributed by atoms with Crippen molar-refractivity contribution in [3.05, 3.63) is 33.5 Å². The zero-order valence-electron chi connectivity index (χ0n) is 12.3. The van der Waals surface area contributed by atoms with Gasteiger partial charge in [-0.25, -0.2) is 4.98 Å². The van der Waals surface area contributed by atoms with E-state index in [1.165, 1.54) is 0 Å². The largest absolute Gasteiger partial charge is 0.352 e. The van der Waals surface area contributed by atoms with Gasteiger partial charge in [0.2, 0.25) is 0 Å². The predicted molar refractivity (Wildman–Crippen MR) is 81.8 cm³/mol. The maximum Gasteiger partial charge on any atom is 0.194 e. The summed E-state index contributed by atoms with van der Waals surface area (Å²) < 4.78 is 0. The Morgan fingerprint density at radius 2 is 2.30 bits per heavy atom. The molecule has 0 bridgehead atoms. The first-order valence-corrected chi connectivity index (χ1v) is 7.29. The van der Waals surface area contributed by atoms with Gasteiger partial charge < -0.3 is 10.2 Å². The van der Waals surface area contributed by atoms with Crippen LogP contribution in [0.1, 0.15) is 22.0 Å². The van der Waals surface area contributed by atoms with E-state index in [0.29, 0.717) is 6.54 Å². The van der Waals surface area contributed by atoms with Gasteiger partial charge in [0.15, 0.2) is 5.96 Å². The van der Waals surface area contributed by atoms with Gasteiger partial charge in [0.05, 0.1) is 23.4 Å². The Labute approximate surface area is 123 Å². The molecular formula is C13H20N6S. The molecule has 108 valence electrons. The van der Waals surface area contributed by atoms with Crippen molar-refractivity contribution in [2.24, 2.45) is 4.99 Å². The minimum atomic E-state index is 0.704. The van der Waals surface area contributed by atoms with E-state index in [9.17, 15) is 0 Å². The molecule has 0 radical (unpaired) electrons. The van der Waals surface area contributed by atoms with Gasteiger partial charge in [-0.15, -0.1) is 11.3 Å². The molecule has 2 aromatic heterocycles. The average molecular weight is 292 g/mol. The van der Waals surface area contributed by atoms with Crippen LogP contribution >= 0.6 is 11.3 Å². The number of hydrogen-bond donors (Lipinski definition) is 2. The number of nitrogens with zero attached hydrogens (tertiary/aromatic N) is 4. The fourth-order valence-corrected chi connectivity index (χ4v) is 2.52. The normalized spacial score (nSPS) is 11.7. The van der Waals surface area contributed by atoms with Gasteiger partial charge in [-0.05, 0) is 13.8 Å². The van der Waals surface area contributed by atoms with E-state index in [1.807, 2.05) is 27.1 Å². The molecule has 2 aromatic rings. The van der Waals surface area contributed by atoms with E-state index in [-0.39, 0.29) is 0 Å². The molecule has 7 heteroatoms. The highest BCUT2D eigenvalue weighted by molar-refractivity contribution is 7.09. The van der Waals surface area contributed by atoms with Gasteiger partial charge in [-0.3, -0.25) is 10.1 Å². The maximum absolute atomic E-state index is 4.47. The zero-order chi connectivity index (χ0) is 14.5.